The molecule has 0 heterocycles. The summed E-state index contributed by atoms with van der Waals surface area (Å²) in [6, 6.07) is 0. The van der Waals surface area contributed by atoms with Gasteiger partial charge in [-0.15, -0.1) is 0 Å². The van der Waals surface area contributed by atoms with Crippen molar-refractivity contribution in [1.29, 1.82) is 0 Å². The molecule has 0 atom stereocenters. The van der Waals surface area contributed by atoms with Crippen LogP contribution in [0.15, 0.2) is 0 Å². The fraction of sp³-hybridized carbons (Fsp3) is 0.833. The molecule has 0 aromatic heterocycles. The maximum absolute atomic E-state index is 12.0. The lowest BCUT2D eigenvalue weighted by molar-refractivity contribution is -0.130. The first-order valence-electron chi connectivity index (χ1n) is 5.86. The molecule has 1 saturated carbocycles. The fourth-order valence-corrected chi connectivity index (χ4v) is 2.06. The Balaban J connectivity index is 2.50. The molecule has 1 aliphatic carbocycles. The monoisotopic (exact) mass is 242 g/mol. The number of hydrogen-bond donors (Lipinski definition) is 2. The molecule has 3 N–H and O–H groups in total. The standard InChI is InChI=1S/C12H22N2OS/c1-11(2,9(13)16)8-14-10(15)12(3)6-4-5-7-12/h4-8H2,1-3H3,(H2,13,16)(H,14,15). The molecule has 92 valence electrons. The zero-order valence-corrected chi connectivity index (χ0v) is 11.2. The molecule has 0 aromatic carbocycles. The van der Waals surface area contributed by atoms with Crippen molar-refractivity contribution in [3.8, 4) is 0 Å². The van der Waals surface area contributed by atoms with E-state index in [4.69, 9.17) is 18.0 Å². The van der Waals surface area contributed by atoms with Crippen molar-refractivity contribution in [2.45, 2.75) is 46.5 Å². The molecule has 0 radical (unpaired) electrons. The molecule has 4 heteroatoms. The van der Waals surface area contributed by atoms with Gasteiger partial charge in [-0.2, -0.15) is 0 Å². The zero-order chi connectivity index (χ0) is 12.4. The molecule has 1 fully saturated rings. The van der Waals surface area contributed by atoms with Gasteiger partial charge in [-0.05, 0) is 12.8 Å². The predicted octanol–water partition coefficient (Wildman–Crippen LogP) is 2.00. The van der Waals surface area contributed by atoms with Gasteiger partial charge in [0.15, 0.2) is 0 Å². The van der Waals surface area contributed by atoms with Crippen molar-refractivity contribution in [3.63, 3.8) is 0 Å². The summed E-state index contributed by atoms with van der Waals surface area (Å²) in [6.45, 7) is 6.47. The van der Waals surface area contributed by atoms with Crippen LogP contribution in [-0.2, 0) is 4.79 Å². The number of amides is 1. The van der Waals surface area contributed by atoms with Crippen molar-refractivity contribution in [3.05, 3.63) is 0 Å². The van der Waals surface area contributed by atoms with Gasteiger partial charge in [0.1, 0.15) is 0 Å². The van der Waals surface area contributed by atoms with Crippen molar-refractivity contribution >= 4 is 23.1 Å². The van der Waals surface area contributed by atoms with E-state index in [9.17, 15) is 4.79 Å². The maximum atomic E-state index is 12.0. The number of carbonyl (C=O) groups excluding carboxylic acids is 1. The van der Waals surface area contributed by atoms with Crippen LogP contribution in [0.4, 0.5) is 0 Å². The van der Waals surface area contributed by atoms with Gasteiger partial charge in [0.2, 0.25) is 5.91 Å². The minimum absolute atomic E-state index is 0.148. The Labute approximate surface area is 103 Å². The number of carbonyl (C=O) groups is 1. The van der Waals surface area contributed by atoms with Crippen molar-refractivity contribution in [2.24, 2.45) is 16.6 Å². The Morgan fingerprint density at radius 2 is 1.94 bits per heavy atom. The van der Waals surface area contributed by atoms with E-state index in [1.165, 1.54) is 0 Å². The van der Waals surface area contributed by atoms with E-state index in [0.29, 0.717) is 11.5 Å². The lowest BCUT2D eigenvalue weighted by atomic mass is 9.86. The highest BCUT2D eigenvalue weighted by molar-refractivity contribution is 7.80. The zero-order valence-electron chi connectivity index (χ0n) is 10.4. The highest BCUT2D eigenvalue weighted by Crippen LogP contribution is 2.37. The molecular formula is C12H22N2OS. The molecule has 1 amide bonds. The van der Waals surface area contributed by atoms with Gasteiger partial charge in [0.25, 0.3) is 0 Å². The quantitative estimate of drug-likeness (QED) is 0.741. The third-order valence-electron chi connectivity index (χ3n) is 3.61. The molecular weight excluding hydrogens is 220 g/mol. The number of hydrogen-bond acceptors (Lipinski definition) is 2. The number of rotatable bonds is 4. The van der Waals surface area contributed by atoms with Crippen molar-refractivity contribution in [2.75, 3.05) is 6.54 Å². The number of nitrogens with two attached hydrogens (primary N) is 1. The van der Waals surface area contributed by atoms with Crippen LogP contribution in [0, 0.1) is 10.8 Å². The second-order valence-corrected chi connectivity index (χ2v) is 6.14. The minimum atomic E-state index is -0.306. The molecule has 0 aromatic rings. The van der Waals surface area contributed by atoms with Gasteiger partial charge in [-0.1, -0.05) is 45.8 Å². The molecule has 3 nitrogen and oxygen atoms in total. The molecule has 0 bridgehead atoms. The molecule has 0 aliphatic heterocycles. The van der Waals surface area contributed by atoms with Crippen LogP contribution in [0.2, 0.25) is 0 Å². The number of nitrogens with one attached hydrogen (secondary N) is 1. The summed E-state index contributed by atoms with van der Waals surface area (Å²) in [5.74, 6) is 0.148. The SMILES string of the molecule is CC(C)(CNC(=O)C1(C)CCCC1)C(N)=S. The molecule has 1 rings (SSSR count). The summed E-state index contributed by atoms with van der Waals surface area (Å²) in [4.78, 5) is 12.5. The van der Waals surface area contributed by atoms with E-state index in [-0.39, 0.29) is 16.7 Å². The highest BCUT2D eigenvalue weighted by atomic mass is 32.1. The first-order valence-corrected chi connectivity index (χ1v) is 6.27. The largest absolute Gasteiger partial charge is 0.393 e. The van der Waals surface area contributed by atoms with Crippen molar-refractivity contribution in [1.82, 2.24) is 5.32 Å². The van der Waals surface area contributed by atoms with Crippen molar-refractivity contribution < 1.29 is 4.79 Å². The van der Waals surface area contributed by atoms with E-state index in [1.54, 1.807) is 0 Å². The fourth-order valence-electron chi connectivity index (χ4n) is 1.98. The average molecular weight is 242 g/mol. The average Bonchev–Trinajstić information content (AvgIpc) is 2.62. The topological polar surface area (TPSA) is 55.1 Å². The Bertz CT molecular complexity index is 293. The Morgan fingerprint density at radius 3 is 2.38 bits per heavy atom. The Morgan fingerprint density at radius 1 is 1.44 bits per heavy atom. The van der Waals surface area contributed by atoms with Crippen LogP contribution in [-0.4, -0.2) is 17.4 Å². The highest BCUT2D eigenvalue weighted by Gasteiger charge is 2.36. The van der Waals surface area contributed by atoms with E-state index in [1.807, 2.05) is 20.8 Å². The van der Waals surface area contributed by atoms with E-state index in [2.05, 4.69) is 5.32 Å². The van der Waals surface area contributed by atoms with Crippen LogP contribution in [0.1, 0.15) is 46.5 Å². The van der Waals surface area contributed by atoms with E-state index in [0.717, 1.165) is 25.7 Å². The van der Waals surface area contributed by atoms with E-state index < -0.39 is 0 Å². The minimum Gasteiger partial charge on any atom is -0.393 e. The van der Waals surface area contributed by atoms with Crippen LogP contribution < -0.4 is 11.1 Å². The third kappa shape index (κ3) is 2.94. The summed E-state index contributed by atoms with van der Waals surface area (Å²) in [7, 11) is 0. The second kappa shape index (κ2) is 4.70. The van der Waals surface area contributed by atoms with Gasteiger partial charge in [0, 0.05) is 17.4 Å². The first kappa shape index (κ1) is 13.4. The van der Waals surface area contributed by atoms with Crippen LogP contribution in [0.3, 0.4) is 0 Å². The van der Waals surface area contributed by atoms with Gasteiger partial charge >= 0.3 is 0 Å². The summed E-state index contributed by atoms with van der Waals surface area (Å²) < 4.78 is 0. The molecule has 0 spiro atoms. The molecule has 0 unspecified atom stereocenters. The van der Waals surface area contributed by atoms with Crippen LogP contribution in [0.5, 0.6) is 0 Å². The van der Waals surface area contributed by atoms with Gasteiger partial charge in [0.05, 0.1) is 4.99 Å². The lowest BCUT2D eigenvalue weighted by Gasteiger charge is -2.27. The Kier molecular flexibility index (Phi) is 3.94. The van der Waals surface area contributed by atoms with Gasteiger partial charge < -0.3 is 11.1 Å². The van der Waals surface area contributed by atoms with Gasteiger partial charge in [-0.3, -0.25) is 4.79 Å². The summed E-state index contributed by atoms with van der Waals surface area (Å²) in [5, 5.41) is 2.98. The van der Waals surface area contributed by atoms with Crippen LogP contribution >= 0.6 is 12.2 Å². The number of thiocarbonyl (C=S) groups is 1. The molecule has 16 heavy (non-hydrogen) atoms. The van der Waals surface area contributed by atoms with Crippen LogP contribution in [0.25, 0.3) is 0 Å². The Hall–Kier alpha value is -0.640. The smallest absolute Gasteiger partial charge is 0.225 e. The predicted molar refractivity (Wildman–Crippen MR) is 70.2 cm³/mol. The summed E-state index contributed by atoms with van der Waals surface area (Å²) in [5.41, 5.74) is 5.14. The maximum Gasteiger partial charge on any atom is 0.225 e. The summed E-state index contributed by atoms with van der Waals surface area (Å²) >= 11 is 4.97. The molecule has 0 saturated heterocycles. The van der Waals surface area contributed by atoms with Gasteiger partial charge in [-0.25, -0.2) is 0 Å². The lowest BCUT2D eigenvalue weighted by Crippen LogP contribution is -2.45. The third-order valence-corrected chi connectivity index (χ3v) is 4.17. The second-order valence-electron chi connectivity index (χ2n) is 5.70. The van der Waals surface area contributed by atoms with E-state index >= 15 is 0 Å². The summed E-state index contributed by atoms with van der Waals surface area (Å²) in [6.07, 6.45) is 4.30. The normalized spacial score (nSPS) is 19.4. The first-order chi connectivity index (χ1) is 7.28. The molecule has 1 aliphatic rings.